The highest BCUT2D eigenvalue weighted by atomic mass is 35.5. The van der Waals surface area contributed by atoms with E-state index < -0.39 is 0 Å². The van der Waals surface area contributed by atoms with Crippen LogP contribution in [-0.4, -0.2) is 30.0 Å². The fourth-order valence-corrected chi connectivity index (χ4v) is 2.03. The average molecular weight is 291 g/mol. The number of pyridine rings is 2. The van der Waals surface area contributed by atoms with Gasteiger partial charge in [0.2, 0.25) is 0 Å². The number of halogens is 1. The van der Waals surface area contributed by atoms with Gasteiger partial charge in [-0.25, -0.2) is 4.98 Å². The van der Waals surface area contributed by atoms with Crippen molar-refractivity contribution in [3.8, 4) is 0 Å². The van der Waals surface area contributed by atoms with Crippen LogP contribution >= 0.6 is 11.6 Å². The molecule has 0 saturated heterocycles. The Hall–Kier alpha value is -2.14. The molecule has 0 bridgehead atoms. The number of anilines is 2. The second kappa shape index (κ2) is 5.88. The van der Waals surface area contributed by atoms with Crippen LogP contribution in [0.3, 0.4) is 0 Å². The molecule has 0 fully saturated rings. The fraction of sp³-hybridized carbons (Fsp3) is 0.214. The molecule has 5 nitrogen and oxygen atoms in total. The predicted molar refractivity (Wildman–Crippen MR) is 80.5 cm³/mol. The van der Waals surface area contributed by atoms with Crippen molar-refractivity contribution in [3.63, 3.8) is 0 Å². The van der Waals surface area contributed by atoms with E-state index in [0.717, 1.165) is 5.69 Å². The zero-order chi connectivity index (χ0) is 14.7. The van der Waals surface area contributed by atoms with Crippen LogP contribution in [0.4, 0.5) is 11.5 Å². The van der Waals surface area contributed by atoms with Crippen LogP contribution in [0.15, 0.2) is 30.6 Å². The quantitative estimate of drug-likeness (QED) is 0.944. The van der Waals surface area contributed by atoms with Gasteiger partial charge in [0.05, 0.1) is 16.3 Å². The van der Waals surface area contributed by atoms with Crippen LogP contribution in [0, 0.1) is 6.92 Å². The number of aryl methyl sites for hydroxylation is 1. The number of carbonyl (C=O) groups excluding carboxylic acids is 1. The first-order valence-electron chi connectivity index (χ1n) is 6.05. The Morgan fingerprint density at radius 3 is 2.75 bits per heavy atom. The van der Waals surface area contributed by atoms with Crippen LogP contribution in [-0.2, 0) is 0 Å². The molecule has 1 amide bonds. The van der Waals surface area contributed by atoms with E-state index in [1.807, 2.05) is 25.9 Å². The highest BCUT2D eigenvalue weighted by Crippen LogP contribution is 2.23. The number of amides is 1. The standard InChI is InChI=1S/C14H15ClN4O/c1-9-7-11(15)10(8-17-9)14(20)18-12-5-4-6-16-13(12)19(2)3/h4-8H,1-3H3,(H,18,20). The summed E-state index contributed by atoms with van der Waals surface area (Å²) in [6.45, 7) is 1.82. The van der Waals surface area contributed by atoms with E-state index in [0.29, 0.717) is 22.1 Å². The first-order valence-corrected chi connectivity index (χ1v) is 6.42. The summed E-state index contributed by atoms with van der Waals surface area (Å²) in [5, 5.41) is 3.18. The van der Waals surface area contributed by atoms with Gasteiger partial charge in [0.1, 0.15) is 0 Å². The predicted octanol–water partition coefficient (Wildman–Crippen LogP) is 2.76. The zero-order valence-electron chi connectivity index (χ0n) is 11.5. The van der Waals surface area contributed by atoms with Crippen molar-refractivity contribution in [1.29, 1.82) is 0 Å². The maximum absolute atomic E-state index is 12.2. The molecule has 0 atom stereocenters. The molecule has 0 unspecified atom stereocenters. The SMILES string of the molecule is Cc1cc(Cl)c(C(=O)Nc2cccnc2N(C)C)cn1. The van der Waals surface area contributed by atoms with Gasteiger partial charge >= 0.3 is 0 Å². The molecule has 2 aromatic rings. The number of hydrogen-bond donors (Lipinski definition) is 1. The van der Waals surface area contributed by atoms with Gasteiger partial charge in [-0.05, 0) is 25.1 Å². The van der Waals surface area contributed by atoms with Crippen molar-refractivity contribution in [3.05, 3.63) is 46.9 Å². The Morgan fingerprint density at radius 2 is 2.10 bits per heavy atom. The number of nitrogens with one attached hydrogen (secondary N) is 1. The van der Waals surface area contributed by atoms with Gasteiger partial charge in [0.15, 0.2) is 5.82 Å². The van der Waals surface area contributed by atoms with Crippen molar-refractivity contribution in [1.82, 2.24) is 9.97 Å². The molecule has 0 saturated carbocycles. The largest absolute Gasteiger partial charge is 0.361 e. The molecule has 1 N–H and O–H groups in total. The summed E-state index contributed by atoms with van der Waals surface area (Å²) >= 11 is 6.07. The lowest BCUT2D eigenvalue weighted by Crippen LogP contribution is -2.18. The lowest BCUT2D eigenvalue weighted by atomic mass is 10.2. The van der Waals surface area contributed by atoms with Gasteiger partial charge in [-0.2, -0.15) is 0 Å². The second-order valence-corrected chi connectivity index (χ2v) is 4.94. The smallest absolute Gasteiger partial charge is 0.258 e. The minimum absolute atomic E-state index is 0.307. The van der Waals surface area contributed by atoms with Crippen LogP contribution < -0.4 is 10.2 Å². The van der Waals surface area contributed by atoms with Gasteiger partial charge in [-0.1, -0.05) is 11.6 Å². The zero-order valence-corrected chi connectivity index (χ0v) is 12.3. The summed E-state index contributed by atoms with van der Waals surface area (Å²) in [5.41, 5.74) is 1.73. The molecule has 2 aromatic heterocycles. The Kier molecular flexibility index (Phi) is 4.20. The fourth-order valence-electron chi connectivity index (χ4n) is 1.73. The Morgan fingerprint density at radius 1 is 1.35 bits per heavy atom. The Bertz CT molecular complexity index is 643. The molecule has 0 spiro atoms. The first-order chi connectivity index (χ1) is 9.49. The summed E-state index contributed by atoms with van der Waals surface area (Å²) in [6.07, 6.45) is 3.14. The first kappa shape index (κ1) is 14.3. The van der Waals surface area contributed by atoms with E-state index in [2.05, 4.69) is 15.3 Å². The average Bonchev–Trinajstić information content (AvgIpc) is 2.38. The maximum Gasteiger partial charge on any atom is 0.258 e. The van der Waals surface area contributed by atoms with E-state index in [1.54, 1.807) is 24.4 Å². The van der Waals surface area contributed by atoms with E-state index in [1.165, 1.54) is 6.20 Å². The molecular formula is C14H15ClN4O. The third-order valence-corrected chi connectivity index (χ3v) is 3.01. The highest BCUT2D eigenvalue weighted by molar-refractivity contribution is 6.34. The summed E-state index contributed by atoms with van der Waals surface area (Å²) in [7, 11) is 3.72. The summed E-state index contributed by atoms with van der Waals surface area (Å²) in [4.78, 5) is 22.4. The van der Waals surface area contributed by atoms with Crippen molar-refractivity contribution in [2.24, 2.45) is 0 Å². The molecule has 0 aliphatic rings. The number of aromatic nitrogens is 2. The van der Waals surface area contributed by atoms with Crippen LogP contribution in [0.25, 0.3) is 0 Å². The van der Waals surface area contributed by atoms with Crippen LogP contribution in [0.1, 0.15) is 16.1 Å². The molecule has 2 heterocycles. The number of carbonyl (C=O) groups is 1. The maximum atomic E-state index is 12.2. The van der Waals surface area contributed by atoms with Crippen molar-refractivity contribution >= 4 is 29.0 Å². The minimum atomic E-state index is -0.307. The minimum Gasteiger partial charge on any atom is -0.361 e. The summed E-state index contributed by atoms with van der Waals surface area (Å²) in [5.74, 6) is 0.371. The number of nitrogens with zero attached hydrogens (tertiary/aromatic N) is 3. The van der Waals surface area contributed by atoms with Gasteiger partial charge in [0, 0.05) is 32.2 Å². The van der Waals surface area contributed by atoms with E-state index in [9.17, 15) is 4.79 Å². The molecule has 0 aromatic carbocycles. The molecule has 6 heteroatoms. The lowest BCUT2D eigenvalue weighted by molar-refractivity contribution is 0.102. The second-order valence-electron chi connectivity index (χ2n) is 4.53. The summed E-state index contributed by atoms with van der Waals surface area (Å²) < 4.78 is 0. The molecule has 2 rings (SSSR count). The topological polar surface area (TPSA) is 58.1 Å². The Labute approximate surface area is 122 Å². The van der Waals surface area contributed by atoms with Crippen LogP contribution in [0.5, 0.6) is 0 Å². The highest BCUT2D eigenvalue weighted by Gasteiger charge is 2.14. The van der Waals surface area contributed by atoms with Gasteiger partial charge in [-0.3, -0.25) is 9.78 Å². The lowest BCUT2D eigenvalue weighted by Gasteiger charge is -2.16. The van der Waals surface area contributed by atoms with Crippen LogP contribution in [0.2, 0.25) is 5.02 Å². The van der Waals surface area contributed by atoms with E-state index in [-0.39, 0.29) is 5.91 Å². The molecule has 0 aliphatic carbocycles. The molecular weight excluding hydrogens is 276 g/mol. The third-order valence-electron chi connectivity index (χ3n) is 2.69. The molecule has 0 radical (unpaired) electrons. The normalized spacial score (nSPS) is 10.2. The van der Waals surface area contributed by atoms with Gasteiger partial charge < -0.3 is 10.2 Å². The monoisotopic (exact) mass is 290 g/mol. The summed E-state index contributed by atoms with van der Waals surface area (Å²) in [6, 6.07) is 5.21. The van der Waals surface area contributed by atoms with E-state index in [4.69, 9.17) is 11.6 Å². The number of hydrogen-bond acceptors (Lipinski definition) is 4. The molecule has 104 valence electrons. The van der Waals surface area contributed by atoms with Crippen molar-refractivity contribution in [2.45, 2.75) is 6.92 Å². The molecule has 20 heavy (non-hydrogen) atoms. The van der Waals surface area contributed by atoms with Gasteiger partial charge in [0.25, 0.3) is 5.91 Å². The Balaban J connectivity index is 2.28. The van der Waals surface area contributed by atoms with Crippen molar-refractivity contribution < 1.29 is 4.79 Å². The van der Waals surface area contributed by atoms with Crippen molar-refractivity contribution in [2.75, 3.05) is 24.3 Å². The number of rotatable bonds is 3. The van der Waals surface area contributed by atoms with E-state index >= 15 is 0 Å². The third kappa shape index (κ3) is 3.05. The van der Waals surface area contributed by atoms with Gasteiger partial charge in [-0.15, -0.1) is 0 Å². The molecule has 0 aliphatic heterocycles.